The number of hydrogen-bond donors (Lipinski definition) is 1. The van der Waals surface area contributed by atoms with Crippen LogP contribution in [0.3, 0.4) is 0 Å². The fourth-order valence-electron chi connectivity index (χ4n) is 4.50. The number of ether oxygens (including phenoxy) is 1. The van der Waals surface area contributed by atoms with Crippen LogP contribution in [0.1, 0.15) is 37.1 Å². The predicted octanol–water partition coefficient (Wildman–Crippen LogP) is 0.224. The quantitative estimate of drug-likeness (QED) is 0.806. The molecular formula is C16H24N4O4S. The maximum Gasteiger partial charge on any atom is 0.251 e. The second-order valence-electron chi connectivity index (χ2n) is 7.17. The Morgan fingerprint density at radius 3 is 2.76 bits per heavy atom. The lowest BCUT2D eigenvalue weighted by Crippen LogP contribution is -2.59. The zero-order valence-electron chi connectivity index (χ0n) is 14.4. The van der Waals surface area contributed by atoms with Gasteiger partial charge in [0, 0.05) is 38.4 Å². The van der Waals surface area contributed by atoms with Crippen LogP contribution in [0.2, 0.25) is 0 Å². The molecule has 0 aromatic carbocycles. The number of imidazole rings is 1. The molecule has 1 atom stereocenters. The number of hydrogen-bond acceptors (Lipinski definition) is 5. The molecule has 1 aromatic heterocycles. The first-order valence-electron chi connectivity index (χ1n) is 8.83. The smallest absolute Gasteiger partial charge is 0.251 e. The molecule has 138 valence electrons. The fraction of sp³-hybridized carbons (Fsp3) is 0.750. The highest BCUT2D eigenvalue weighted by molar-refractivity contribution is 7.88. The van der Waals surface area contributed by atoms with Crippen molar-refractivity contribution in [3.8, 4) is 0 Å². The van der Waals surface area contributed by atoms with E-state index in [-0.39, 0.29) is 12.0 Å². The van der Waals surface area contributed by atoms with E-state index < -0.39 is 15.6 Å². The number of nitrogens with one attached hydrogen (secondary N) is 1. The Hall–Kier alpha value is -1.45. The summed E-state index contributed by atoms with van der Waals surface area (Å²) in [5.74, 6) is 0.0383. The van der Waals surface area contributed by atoms with E-state index in [2.05, 4.69) is 9.97 Å². The van der Waals surface area contributed by atoms with Crippen LogP contribution in [0.4, 0.5) is 0 Å². The molecule has 1 N–H and O–H groups in total. The molecule has 0 unspecified atom stereocenters. The Kier molecular flexibility index (Phi) is 4.12. The number of H-pyrrole nitrogens is 1. The largest absolute Gasteiger partial charge is 0.368 e. The molecular weight excluding hydrogens is 344 g/mol. The Labute approximate surface area is 147 Å². The number of aromatic nitrogens is 2. The SMILES string of the molecule is CS(=O)(=O)N1CCc2[nH]cnc2C12CCN(C(=O)[C@@H]1CCCO1)CC2. The van der Waals surface area contributed by atoms with Gasteiger partial charge in [0.15, 0.2) is 0 Å². The number of fused-ring (bicyclic) bond motifs is 2. The van der Waals surface area contributed by atoms with Crippen molar-refractivity contribution in [1.82, 2.24) is 19.2 Å². The van der Waals surface area contributed by atoms with Gasteiger partial charge in [0.2, 0.25) is 10.0 Å². The van der Waals surface area contributed by atoms with Gasteiger partial charge < -0.3 is 14.6 Å². The van der Waals surface area contributed by atoms with Crippen LogP contribution in [0.5, 0.6) is 0 Å². The van der Waals surface area contributed by atoms with Gasteiger partial charge in [0.05, 0.1) is 23.8 Å². The van der Waals surface area contributed by atoms with Crippen LogP contribution >= 0.6 is 0 Å². The highest BCUT2D eigenvalue weighted by Gasteiger charge is 2.51. The molecule has 4 rings (SSSR count). The molecule has 4 heterocycles. The predicted molar refractivity (Wildman–Crippen MR) is 90.3 cm³/mol. The number of sulfonamides is 1. The number of likely N-dealkylation sites (tertiary alicyclic amines) is 1. The van der Waals surface area contributed by atoms with Gasteiger partial charge >= 0.3 is 0 Å². The maximum absolute atomic E-state index is 12.6. The van der Waals surface area contributed by atoms with Gasteiger partial charge in [0.25, 0.3) is 5.91 Å². The third-order valence-corrected chi connectivity index (χ3v) is 7.04. The van der Waals surface area contributed by atoms with Gasteiger partial charge in [0.1, 0.15) is 6.10 Å². The number of piperidine rings is 1. The number of aromatic amines is 1. The van der Waals surface area contributed by atoms with Gasteiger partial charge in [-0.2, -0.15) is 4.31 Å². The van der Waals surface area contributed by atoms with Gasteiger partial charge in [-0.05, 0) is 25.7 Å². The summed E-state index contributed by atoms with van der Waals surface area (Å²) in [7, 11) is -3.36. The standard InChI is InChI=1S/C16H24N4O4S/c1-25(22,23)20-7-4-12-14(18-11-17-12)16(20)5-8-19(9-6-16)15(21)13-3-2-10-24-13/h11,13H,2-10H2,1H3,(H,17,18)/t13-/m0/s1. The van der Waals surface area contributed by atoms with Crippen LogP contribution in [0.25, 0.3) is 0 Å². The number of rotatable bonds is 2. The van der Waals surface area contributed by atoms with Crippen molar-refractivity contribution >= 4 is 15.9 Å². The Morgan fingerprint density at radius 1 is 1.36 bits per heavy atom. The lowest BCUT2D eigenvalue weighted by atomic mass is 9.80. The first kappa shape index (κ1) is 17.0. The number of amides is 1. The second-order valence-corrected chi connectivity index (χ2v) is 9.08. The monoisotopic (exact) mass is 368 g/mol. The third kappa shape index (κ3) is 2.78. The van der Waals surface area contributed by atoms with Crippen molar-refractivity contribution in [3.63, 3.8) is 0 Å². The molecule has 3 aliphatic heterocycles. The van der Waals surface area contributed by atoms with Crippen molar-refractivity contribution in [1.29, 1.82) is 0 Å². The molecule has 25 heavy (non-hydrogen) atoms. The van der Waals surface area contributed by atoms with E-state index in [0.717, 1.165) is 24.2 Å². The summed E-state index contributed by atoms with van der Waals surface area (Å²) in [5, 5.41) is 0. The number of nitrogens with zero attached hydrogens (tertiary/aromatic N) is 3. The maximum atomic E-state index is 12.6. The van der Waals surface area contributed by atoms with E-state index in [0.29, 0.717) is 45.5 Å². The summed E-state index contributed by atoms with van der Waals surface area (Å²) in [5.41, 5.74) is 1.20. The lowest BCUT2D eigenvalue weighted by Gasteiger charge is -2.49. The van der Waals surface area contributed by atoms with Crippen LogP contribution in [0.15, 0.2) is 6.33 Å². The second kappa shape index (κ2) is 6.07. The number of carbonyl (C=O) groups excluding carboxylic acids is 1. The van der Waals surface area contributed by atoms with E-state index in [1.165, 1.54) is 6.26 Å². The minimum absolute atomic E-state index is 0.0383. The Morgan fingerprint density at radius 2 is 2.12 bits per heavy atom. The first-order chi connectivity index (χ1) is 11.9. The highest BCUT2D eigenvalue weighted by atomic mass is 32.2. The van der Waals surface area contributed by atoms with E-state index in [9.17, 15) is 13.2 Å². The molecule has 2 saturated heterocycles. The van der Waals surface area contributed by atoms with E-state index >= 15 is 0 Å². The summed E-state index contributed by atoms with van der Waals surface area (Å²) in [6, 6.07) is 0. The topological polar surface area (TPSA) is 95.6 Å². The minimum atomic E-state index is -3.36. The van der Waals surface area contributed by atoms with Gasteiger partial charge in [-0.1, -0.05) is 0 Å². The summed E-state index contributed by atoms with van der Waals surface area (Å²) < 4.78 is 31.9. The molecule has 3 aliphatic rings. The molecule has 1 aromatic rings. The Balaban J connectivity index is 1.59. The lowest BCUT2D eigenvalue weighted by molar-refractivity contribution is -0.143. The van der Waals surface area contributed by atoms with Crippen molar-refractivity contribution < 1.29 is 17.9 Å². The van der Waals surface area contributed by atoms with Crippen LogP contribution < -0.4 is 0 Å². The highest BCUT2D eigenvalue weighted by Crippen LogP contribution is 2.43. The summed E-state index contributed by atoms with van der Waals surface area (Å²) in [6.07, 6.45) is 6.05. The molecule has 1 amide bonds. The van der Waals surface area contributed by atoms with Crippen molar-refractivity contribution in [2.45, 2.75) is 43.7 Å². The van der Waals surface area contributed by atoms with Crippen LogP contribution in [0, 0.1) is 0 Å². The molecule has 8 nitrogen and oxygen atoms in total. The molecule has 0 bridgehead atoms. The van der Waals surface area contributed by atoms with Gasteiger partial charge in [-0.3, -0.25) is 4.79 Å². The molecule has 2 fully saturated rings. The molecule has 0 radical (unpaired) electrons. The molecule has 1 spiro atoms. The average Bonchev–Trinajstić information content (AvgIpc) is 3.26. The Bertz CT molecular complexity index is 761. The van der Waals surface area contributed by atoms with E-state index in [4.69, 9.17) is 4.74 Å². The molecule has 0 saturated carbocycles. The fourth-order valence-corrected chi connectivity index (χ4v) is 5.83. The van der Waals surface area contributed by atoms with Crippen molar-refractivity contribution in [2.75, 3.05) is 32.5 Å². The van der Waals surface area contributed by atoms with E-state index in [1.807, 2.05) is 4.90 Å². The third-order valence-electron chi connectivity index (χ3n) is 5.71. The molecule has 0 aliphatic carbocycles. The summed E-state index contributed by atoms with van der Waals surface area (Å²) >= 11 is 0. The number of carbonyl (C=O) groups is 1. The minimum Gasteiger partial charge on any atom is -0.368 e. The van der Waals surface area contributed by atoms with Crippen molar-refractivity contribution in [3.05, 3.63) is 17.7 Å². The average molecular weight is 368 g/mol. The van der Waals surface area contributed by atoms with Gasteiger partial charge in [-0.25, -0.2) is 13.4 Å². The zero-order chi connectivity index (χ0) is 17.7. The molecule has 9 heteroatoms. The summed E-state index contributed by atoms with van der Waals surface area (Å²) in [6.45, 7) is 2.15. The van der Waals surface area contributed by atoms with Crippen LogP contribution in [-0.2, 0) is 31.5 Å². The normalized spacial score (nSPS) is 26.8. The summed E-state index contributed by atoms with van der Waals surface area (Å²) in [4.78, 5) is 22.0. The van der Waals surface area contributed by atoms with Gasteiger partial charge in [-0.15, -0.1) is 0 Å². The van der Waals surface area contributed by atoms with E-state index in [1.54, 1.807) is 10.6 Å². The zero-order valence-corrected chi connectivity index (χ0v) is 15.2. The van der Waals surface area contributed by atoms with Crippen molar-refractivity contribution in [2.24, 2.45) is 0 Å². The van der Waals surface area contributed by atoms with Crippen LogP contribution in [-0.4, -0.2) is 72.1 Å². The first-order valence-corrected chi connectivity index (χ1v) is 10.7.